The van der Waals surface area contributed by atoms with Crippen LogP contribution in [0.15, 0.2) is 24.3 Å². The van der Waals surface area contributed by atoms with Crippen molar-refractivity contribution in [1.82, 2.24) is 10.2 Å². The zero-order chi connectivity index (χ0) is 16.1. The highest BCUT2D eigenvalue weighted by molar-refractivity contribution is 5.74. The van der Waals surface area contributed by atoms with Crippen LogP contribution in [-0.4, -0.2) is 35.7 Å². The van der Waals surface area contributed by atoms with Crippen LogP contribution in [-0.2, 0) is 0 Å². The van der Waals surface area contributed by atoms with E-state index < -0.39 is 0 Å². The number of hydrogen-bond donors (Lipinski definition) is 2. The van der Waals surface area contributed by atoms with Gasteiger partial charge in [0.25, 0.3) is 0 Å². The number of hydrogen-bond acceptors (Lipinski definition) is 2. The first-order valence-electron chi connectivity index (χ1n) is 7.93. The van der Waals surface area contributed by atoms with Gasteiger partial charge < -0.3 is 15.3 Å². The van der Waals surface area contributed by atoms with Crippen molar-refractivity contribution in [2.45, 2.75) is 44.7 Å². The van der Waals surface area contributed by atoms with Crippen molar-refractivity contribution < 1.29 is 14.3 Å². The molecule has 5 heteroatoms. The smallest absolute Gasteiger partial charge is 0.317 e. The molecule has 2 amide bonds. The highest BCUT2D eigenvalue weighted by Crippen LogP contribution is 2.36. The molecule has 1 aromatic rings. The predicted molar refractivity (Wildman–Crippen MR) is 83.9 cm³/mol. The minimum atomic E-state index is -0.315. The summed E-state index contributed by atoms with van der Waals surface area (Å²) >= 11 is 0. The van der Waals surface area contributed by atoms with Gasteiger partial charge in [-0.25, -0.2) is 9.18 Å². The summed E-state index contributed by atoms with van der Waals surface area (Å²) in [6.07, 6.45) is 4.24. The van der Waals surface area contributed by atoms with Crippen LogP contribution in [0.3, 0.4) is 0 Å². The van der Waals surface area contributed by atoms with Gasteiger partial charge in [0.1, 0.15) is 5.82 Å². The molecule has 0 bridgehead atoms. The molecule has 122 valence electrons. The van der Waals surface area contributed by atoms with Gasteiger partial charge >= 0.3 is 6.03 Å². The lowest BCUT2D eigenvalue weighted by atomic mass is 9.91. The Morgan fingerprint density at radius 1 is 1.41 bits per heavy atom. The third-order valence-electron chi connectivity index (χ3n) is 4.64. The first-order valence-corrected chi connectivity index (χ1v) is 7.93. The largest absolute Gasteiger partial charge is 0.394 e. The normalized spacial score (nSPS) is 18.0. The van der Waals surface area contributed by atoms with E-state index in [-0.39, 0.29) is 36.5 Å². The van der Waals surface area contributed by atoms with Gasteiger partial charge in [-0.2, -0.15) is 0 Å². The molecule has 22 heavy (non-hydrogen) atoms. The van der Waals surface area contributed by atoms with Crippen molar-refractivity contribution in [3.63, 3.8) is 0 Å². The average molecular weight is 308 g/mol. The number of nitrogens with zero attached hydrogens (tertiary/aromatic N) is 1. The molecule has 1 aromatic carbocycles. The molecule has 0 spiro atoms. The molecular weight excluding hydrogens is 283 g/mol. The summed E-state index contributed by atoms with van der Waals surface area (Å²) in [6, 6.07) is 5.77. The number of carbonyl (C=O) groups is 1. The van der Waals surface area contributed by atoms with Crippen LogP contribution < -0.4 is 5.32 Å². The monoisotopic (exact) mass is 308 g/mol. The van der Waals surface area contributed by atoms with Crippen LogP contribution in [0.4, 0.5) is 9.18 Å². The standard InChI is InChI=1S/C17H25FN2O2/c1-12(11-21)20(2)17(22)19-16(13-7-3-4-8-13)14-9-5-6-10-15(14)18/h5-6,9-10,12-13,16,21H,3-4,7-8,11H2,1-2H3,(H,19,22). The molecule has 0 radical (unpaired) electrons. The van der Waals surface area contributed by atoms with Gasteiger partial charge in [-0.05, 0) is 31.7 Å². The fraction of sp³-hybridized carbons (Fsp3) is 0.588. The maximum absolute atomic E-state index is 14.2. The number of aliphatic hydroxyl groups excluding tert-OH is 1. The molecule has 4 nitrogen and oxygen atoms in total. The Morgan fingerprint density at radius 3 is 2.64 bits per heavy atom. The van der Waals surface area contributed by atoms with E-state index in [4.69, 9.17) is 0 Å². The van der Waals surface area contributed by atoms with E-state index in [1.165, 1.54) is 11.0 Å². The summed E-state index contributed by atoms with van der Waals surface area (Å²) in [5.41, 5.74) is 0.549. The van der Waals surface area contributed by atoms with Crippen molar-refractivity contribution in [2.75, 3.05) is 13.7 Å². The molecule has 2 rings (SSSR count). The summed E-state index contributed by atoms with van der Waals surface area (Å²) in [7, 11) is 1.64. The molecule has 0 saturated heterocycles. The van der Waals surface area contributed by atoms with Gasteiger partial charge in [-0.15, -0.1) is 0 Å². The lowest BCUT2D eigenvalue weighted by Gasteiger charge is -2.30. The number of nitrogens with one attached hydrogen (secondary N) is 1. The maximum atomic E-state index is 14.2. The van der Waals surface area contributed by atoms with E-state index in [1.807, 2.05) is 0 Å². The third kappa shape index (κ3) is 3.77. The number of urea groups is 1. The zero-order valence-electron chi connectivity index (χ0n) is 13.3. The maximum Gasteiger partial charge on any atom is 0.317 e. The minimum absolute atomic E-state index is 0.0995. The Bertz CT molecular complexity index is 503. The molecule has 0 aliphatic heterocycles. The van der Waals surface area contributed by atoms with Gasteiger partial charge in [0, 0.05) is 12.6 Å². The molecule has 2 atom stereocenters. The zero-order valence-corrected chi connectivity index (χ0v) is 13.3. The van der Waals surface area contributed by atoms with E-state index in [0.717, 1.165) is 25.7 Å². The van der Waals surface area contributed by atoms with Crippen molar-refractivity contribution in [3.8, 4) is 0 Å². The van der Waals surface area contributed by atoms with Crippen LogP contribution >= 0.6 is 0 Å². The Labute approximate surface area is 131 Å². The number of halogens is 1. The molecular formula is C17H25FN2O2. The number of likely N-dealkylation sites (N-methyl/N-ethyl adjacent to an activating group) is 1. The summed E-state index contributed by atoms with van der Waals surface area (Å²) in [4.78, 5) is 13.8. The van der Waals surface area contributed by atoms with Crippen LogP contribution in [0.1, 0.15) is 44.2 Å². The van der Waals surface area contributed by atoms with Crippen molar-refractivity contribution in [2.24, 2.45) is 5.92 Å². The van der Waals surface area contributed by atoms with E-state index >= 15 is 0 Å². The Balaban J connectivity index is 2.18. The molecule has 1 aliphatic carbocycles. The Hall–Kier alpha value is -1.62. The van der Waals surface area contributed by atoms with E-state index in [0.29, 0.717) is 5.56 Å². The second-order valence-corrected chi connectivity index (χ2v) is 6.14. The molecule has 1 fully saturated rings. The van der Waals surface area contributed by atoms with E-state index in [2.05, 4.69) is 5.32 Å². The van der Waals surface area contributed by atoms with Crippen molar-refractivity contribution >= 4 is 6.03 Å². The lowest BCUT2D eigenvalue weighted by molar-refractivity contribution is 0.151. The molecule has 0 aromatic heterocycles. The number of amides is 2. The summed E-state index contributed by atoms with van der Waals surface area (Å²) in [5.74, 6) is -0.0174. The average Bonchev–Trinajstić information content (AvgIpc) is 3.05. The predicted octanol–water partition coefficient (Wildman–Crippen LogP) is 3.08. The topological polar surface area (TPSA) is 52.6 Å². The quantitative estimate of drug-likeness (QED) is 0.878. The summed E-state index contributed by atoms with van der Waals surface area (Å²) < 4.78 is 14.2. The van der Waals surface area contributed by atoms with Crippen molar-refractivity contribution in [3.05, 3.63) is 35.6 Å². The Kier molecular flexibility index (Phi) is 5.77. The van der Waals surface area contributed by atoms with Crippen LogP contribution in [0, 0.1) is 11.7 Å². The van der Waals surface area contributed by atoms with Crippen molar-refractivity contribution in [1.29, 1.82) is 0 Å². The van der Waals surface area contributed by atoms with Gasteiger partial charge in [-0.1, -0.05) is 31.0 Å². The number of carbonyl (C=O) groups excluding carboxylic acids is 1. The highest BCUT2D eigenvalue weighted by Gasteiger charge is 2.30. The molecule has 2 N–H and O–H groups in total. The van der Waals surface area contributed by atoms with Gasteiger partial charge in [-0.3, -0.25) is 0 Å². The highest BCUT2D eigenvalue weighted by atomic mass is 19.1. The number of benzene rings is 1. The fourth-order valence-electron chi connectivity index (χ4n) is 3.03. The third-order valence-corrected chi connectivity index (χ3v) is 4.64. The van der Waals surface area contributed by atoms with Gasteiger partial charge in [0.15, 0.2) is 0 Å². The van der Waals surface area contributed by atoms with E-state index in [9.17, 15) is 14.3 Å². The summed E-state index contributed by atoms with van der Waals surface area (Å²) in [6.45, 7) is 1.67. The van der Waals surface area contributed by atoms with E-state index in [1.54, 1.807) is 32.2 Å². The van der Waals surface area contributed by atoms with Crippen LogP contribution in [0.25, 0.3) is 0 Å². The molecule has 1 aliphatic rings. The fourth-order valence-corrected chi connectivity index (χ4v) is 3.03. The second kappa shape index (κ2) is 7.58. The molecule has 2 unspecified atom stereocenters. The van der Waals surface area contributed by atoms with Gasteiger partial charge in [0.05, 0.1) is 18.7 Å². The first kappa shape index (κ1) is 16.7. The summed E-state index contributed by atoms with van der Waals surface area (Å²) in [5, 5.41) is 12.1. The minimum Gasteiger partial charge on any atom is -0.394 e. The number of aliphatic hydroxyl groups is 1. The molecule has 0 heterocycles. The Morgan fingerprint density at radius 2 is 2.05 bits per heavy atom. The van der Waals surface area contributed by atoms with Crippen LogP contribution in [0.5, 0.6) is 0 Å². The molecule has 1 saturated carbocycles. The SMILES string of the molecule is CC(CO)N(C)C(=O)NC(c1ccccc1F)C1CCCC1. The van der Waals surface area contributed by atoms with Gasteiger partial charge in [0.2, 0.25) is 0 Å². The second-order valence-electron chi connectivity index (χ2n) is 6.14. The van der Waals surface area contributed by atoms with Crippen LogP contribution in [0.2, 0.25) is 0 Å². The first-order chi connectivity index (χ1) is 10.5. The lowest BCUT2D eigenvalue weighted by Crippen LogP contribution is -2.46. The number of rotatable bonds is 5.